The maximum Gasteiger partial charge on any atom is 0.335 e. The lowest BCUT2D eigenvalue weighted by Crippen LogP contribution is -2.30. The third-order valence-corrected chi connectivity index (χ3v) is 4.08. The van der Waals surface area contributed by atoms with Crippen LogP contribution in [0.5, 0.6) is 0 Å². The van der Waals surface area contributed by atoms with Crippen molar-refractivity contribution >= 4 is 40.7 Å². The maximum atomic E-state index is 11.8. The Morgan fingerprint density at radius 1 is 1.09 bits per heavy atom. The first-order valence-corrected chi connectivity index (χ1v) is 9.35. The Balaban J connectivity index is 0.000000328. The molecule has 33 heavy (non-hydrogen) atoms. The molecule has 0 radical (unpaired) electrons. The van der Waals surface area contributed by atoms with Crippen molar-refractivity contribution in [3.05, 3.63) is 52.1 Å². The van der Waals surface area contributed by atoms with Crippen LogP contribution in [-0.4, -0.2) is 59.2 Å². The molecule has 2 aromatic heterocycles. The molecule has 0 saturated carbocycles. The van der Waals surface area contributed by atoms with E-state index < -0.39 is 29.5 Å². The average molecular weight is 459 g/mol. The molecule has 1 aromatic carbocycles. The van der Waals surface area contributed by atoms with E-state index in [1.54, 1.807) is 12.1 Å². The van der Waals surface area contributed by atoms with Crippen LogP contribution in [-0.2, 0) is 16.1 Å². The molecule has 0 aliphatic carbocycles. The smallest absolute Gasteiger partial charge is 0.335 e. The molecule has 9 N–H and O–H groups in total. The van der Waals surface area contributed by atoms with E-state index in [-0.39, 0.29) is 35.5 Å². The number of rotatable bonds is 8. The molecule has 0 saturated heterocycles. The Morgan fingerprint density at radius 3 is 2.33 bits per heavy atom. The van der Waals surface area contributed by atoms with E-state index in [2.05, 4.69) is 25.3 Å². The quantitative estimate of drug-likeness (QED) is 0.232. The van der Waals surface area contributed by atoms with Gasteiger partial charge in [0.25, 0.3) is 5.56 Å². The highest BCUT2D eigenvalue weighted by molar-refractivity contribution is 5.88. The van der Waals surface area contributed by atoms with Gasteiger partial charge in [0.05, 0.1) is 24.0 Å². The molecule has 14 heteroatoms. The Morgan fingerprint density at radius 2 is 1.76 bits per heavy atom. The lowest BCUT2D eigenvalue weighted by molar-refractivity contribution is -0.139. The molecule has 1 atom stereocenters. The highest BCUT2D eigenvalue weighted by Gasteiger charge is 2.12. The summed E-state index contributed by atoms with van der Waals surface area (Å²) in [6.45, 7) is 0.319. The third-order valence-electron chi connectivity index (χ3n) is 4.08. The number of carboxylic acid groups (broad SMARTS) is 3. The van der Waals surface area contributed by atoms with Crippen molar-refractivity contribution in [1.82, 2.24) is 19.9 Å². The number of H-pyrrole nitrogens is 1. The molecule has 174 valence electrons. The molecule has 0 fully saturated rings. The minimum Gasteiger partial charge on any atom is -0.481 e. The molecular weight excluding hydrogens is 438 g/mol. The SMILES string of the molecule is N[C@@H](CCC(=O)O)C(=O)O.Nc1nc2ncc(CNc3ccc(C(=O)O)cc3)nc2c(=O)[nH]1. The molecule has 0 bridgehead atoms. The fourth-order valence-corrected chi connectivity index (χ4v) is 2.38. The molecule has 0 aliphatic rings. The van der Waals surface area contributed by atoms with Crippen molar-refractivity contribution in [2.24, 2.45) is 5.73 Å². The molecule has 3 rings (SSSR count). The van der Waals surface area contributed by atoms with E-state index in [0.29, 0.717) is 12.2 Å². The number of anilines is 2. The minimum atomic E-state index is -1.17. The number of benzene rings is 1. The summed E-state index contributed by atoms with van der Waals surface area (Å²) in [4.78, 5) is 56.9. The van der Waals surface area contributed by atoms with Gasteiger partial charge >= 0.3 is 17.9 Å². The zero-order valence-corrected chi connectivity index (χ0v) is 17.1. The lowest BCUT2D eigenvalue weighted by Gasteiger charge is -2.06. The van der Waals surface area contributed by atoms with Crippen LogP contribution in [0.2, 0.25) is 0 Å². The summed E-state index contributed by atoms with van der Waals surface area (Å²) in [5, 5.41) is 28.2. The normalized spacial score (nSPS) is 11.2. The summed E-state index contributed by atoms with van der Waals surface area (Å²) in [5.41, 5.74) is 11.8. The molecular formula is C19H21N7O7. The van der Waals surface area contributed by atoms with E-state index in [0.717, 1.165) is 5.69 Å². The number of nitrogens with zero attached hydrogens (tertiary/aromatic N) is 3. The number of aromatic amines is 1. The van der Waals surface area contributed by atoms with E-state index in [1.807, 2.05) is 0 Å². The zero-order valence-electron chi connectivity index (χ0n) is 17.1. The summed E-state index contributed by atoms with van der Waals surface area (Å²) in [5.74, 6) is -3.19. The predicted molar refractivity (Wildman–Crippen MR) is 116 cm³/mol. The third kappa shape index (κ3) is 7.55. The first-order valence-electron chi connectivity index (χ1n) is 9.35. The van der Waals surface area contributed by atoms with Gasteiger partial charge in [-0.1, -0.05) is 0 Å². The van der Waals surface area contributed by atoms with Gasteiger partial charge in [-0.2, -0.15) is 4.98 Å². The monoisotopic (exact) mass is 459 g/mol. The minimum absolute atomic E-state index is 0.0128. The number of aromatic carboxylic acids is 1. The molecule has 0 amide bonds. The van der Waals surface area contributed by atoms with Gasteiger partial charge in [0.15, 0.2) is 11.2 Å². The standard InChI is InChI=1S/C14H12N6O3.C5H9NO4/c15-14-19-11-10(12(21)20-14)18-9(6-17-11)5-16-8-3-1-7(2-4-8)13(22)23;6-3(5(9)10)1-2-4(7)8/h1-4,6,16H,5H2,(H,22,23)(H3,15,17,19,20,21);3H,1-2,6H2,(H,7,8)(H,9,10)/t;3-/m.0/s1. The summed E-state index contributed by atoms with van der Waals surface area (Å²) in [6.07, 6.45) is 1.27. The second-order valence-corrected chi connectivity index (χ2v) is 6.60. The number of hydrogen-bond acceptors (Lipinski definition) is 10. The van der Waals surface area contributed by atoms with E-state index in [4.69, 9.17) is 26.8 Å². The summed E-state index contributed by atoms with van der Waals surface area (Å²) in [6, 6.07) is 5.22. The highest BCUT2D eigenvalue weighted by atomic mass is 16.4. The average Bonchev–Trinajstić information content (AvgIpc) is 2.76. The topological polar surface area (TPSA) is 247 Å². The van der Waals surface area contributed by atoms with Gasteiger partial charge in [-0.25, -0.2) is 14.8 Å². The fourth-order valence-electron chi connectivity index (χ4n) is 2.38. The fraction of sp³-hybridized carbons (Fsp3) is 0.211. The summed E-state index contributed by atoms with van der Waals surface area (Å²) < 4.78 is 0. The van der Waals surface area contributed by atoms with Gasteiger partial charge in [0.1, 0.15) is 6.04 Å². The number of nitrogen functional groups attached to an aromatic ring is 1. The van der Waals surface area contributed by atoms with Crippen molar-refractivity contribution in [2.75, 3.05) is 11.1 Å². The van der Waals surface area contributed by atoms with Gasteiger partial charge in [0, 0.05) is 12.1 Å². The van der Waals surface area contributed by atoms with E-state index >= 15 is 0 Å². The Labute approximate surface area is 185 Å². The second-order valence-electron chi connectivity index (χ2n) is 6.60. The van der Waals surface area contributed by atoms with Crippen molar-refractivity contribution in [3.8, 4) is 0 Å². The van der Waals surface area contributed by atoms with Crippen LogP contribution >= 0.6 is 0 Å². The zero-order chi connectivity index (χ0) is 24.5. The number of carbonyl (C=O) groups is 3. The number of carboxylic acids is 3. The van der Waals surface area contributed by atoms with Gasteiger partial charge in [-0.3, -0.25) is 19.4 Å². The van der Waals surface area contributed by atoms with Crippen molar-refractivity contribution in [2.45, 2.75) is 25.4 Å². The van der Waals surface area contributed by atoms with Crippen LogP contribution in [0.15, 0.2) is 35.3 Å². The molecule has 0 aliphatic heterocycles. The maximum absolute atomic E-state index is 11.8. The van der Waals surface area contributed by atoms with Crippen LogP contribution in [0.1, 0.15) is 28.9 Å². The van der Waals surface area contributed by atoms with E-state index in [1.165, 1.54) is 18.3 Å². The van der Waals surface area contributed by atoms with Crippen molar-refractivity contribution in [3.63, 3.8) is 0 Å². The van der Waals surface area contributed by atoms with Gasteiger partial charge < -0.3 is 32.1 Å². The summed E-state index contributed by atoms with van der Waals surface area (Å²) in [7, 11) is 0. The molecule has 0 unspecified atom stereocenters. The highest BCUT2D eigenvalue weighted by Crippen LogP contribution is 2.11. The first-order chi connectivity index (χ1) is 15.6. The van der Waals surface area contributed by atoms with Crippen LogP contribution in [0, 0.1) is 0 Å². The van der Waals surface area contributed by atoms with Gasteiger partial charge in [0.2, 0.25) is 5.95 Å². The summed E-state index contributed by atoms with van der Waals surface area (Å²) >= 11 is 0. The van der Waals surface area contributed by atoms with Gasteiger partial charge in [-0.15, -0.1) is 0 Å². The number of fused-ring (bicyclic) bond motifs is 1. The molecule has 3 aromatic rings. The molecule has 0 spiro atoms. The van der Waals surface area contributed by atoms with Crippen LogP contribution in [0.3, 0.4) is 0 Å². The Bertz CT molecular complexity index is 1210. The van der Waals surface area contributed by atoms with Crippen LogP contribution in [0.4, 0.5) is 11.6 Å². The van der Waals surface area contributed by atoms with Crippen LogP contribution < -0.4 is 22.3 Å². The number of hydrogen-bond donors (Lipinski definition) is 7. The van der Waals surface area contributed by atoms with Gasteiger partial charge in [-0.05, 0) is 30.7 Å². The number of nitrogens with one attached hydrogen (secondary N) is 2. The van der Waals surface area contributed by atoms with Crippen molar-refractivity contribution < 1.29 is 29.7 Å². The molecule has 2 heterocycles. The largest absolute Gasteiger partial charge is 0.481 e. The van der Waals surface area contributed by atoms with Crippen LogP contribution in [0.25, 0.3) is 11.2 Å². The number of nitrogens with two attached hydrogens (primary N) is 2. The number of aromatic nitrogens is 4. The van der Waals surface area contributed by atoms with E-state index in [9.17, 15) is 19.2 Å². The predicted octanol–water partition coefficient (Wildman–Crippen LogP) is -0.131. The second kappa shape index (κ2) is 11.1. The Hall–Kier alpha value is -4.59. The Kier molecular flexibility index (Phi) is 8.34. The molecule has 14 nitrogen and oxygen atoms in total. The van der Waals surface area contributed by atoms with Crippen molar-refractivity contribution in [1.29, 1.82) is 0 Å². The first kappa shape index (κ1) is 24.7. The number of aliphatic carboxylic acids is 2. The lowest BCUT2D eigenvalue weighted by atomic mass is 10.2.